The van der Waals surface area contributed by atoms with Gasteiger partial charge in [0.1, 0.15) is 23.7 Å². The van der Waals surface area contributed by atoms with Gasteiger partial charge in [-0.2, -0.15) is 5.26 Å². The summed E-state index contributed by atoms with van der Waals surface area (Å²) in [5.74, 6) is -0.804. The third kappa shape index (κ3) is 4.01. The fraction of sp³-hybridized carbons (Fsp3) is 0.368. The van der Waals surface area contributed by atoms with Gasteiger partial charge in [-0.05, 0) is 12.1 Å². The number of ketones is 1. The van der Waals surface area contributed by atoms with E-state index in [4.69, 9.17) is 4.74 Å². The average Bonchev–Trinajstić information content (AvgIpc) is 2.69. The molecule has 0 saturated carbocycles. The Labute approximate surface area is 161 Å². The number of aromatic nitrogens is 2. The molecule has 1 saturated heterocycles. The number of ether oxygens (including phenoxy) is 1. The van der Waals surface area contributed by atoms with E-state index in [0.717, 1.165) is 12.1 Å². The van der Waals surface area contributed by atoms with Gasteiger partial charge in [-0.1, -0.05) is 0 Å². The van der Waals surface area contributed by atoms with Gasteiger partial charge in [0.25, 0.3) is 0 Å². The second kappa shape index (κ2) is 8.17. The van der Waals surface area contributed by atoms with E-state index < -0.39 is 11.6 Å². The molecule has 0 amide bonds. The number of nitrogens with one attached hydrogen (secondary N) is 1. The van der Waals surface area contributed by atoms with Gasteiger partial charge in [0.05, 0.1) is 0 Å². The quantitative estimate of drug-likeness (QED) is 0.789. The molecule has 1 aliphatic rings. The molecular formula is C19H19F2N5O2. The summed E-state index contributed by atoms with van der Waals surface area (Å²) in [5.41, 5.74) is 0.00820. The molecule has 9 heteroatoms. The maximum atomic E-state index is 13.8. The van der Waals surface area contributed by atoms with E-state index in [2.05, 4.69) is 15.3 Å². The number of nitrogens with zero attached hydrogens (tertiary/aromatic N) is 4. The second-order valence-electron chi connectivity index (χ2n) is 6.39. The molecule has 3 rings (SSSR count). The summed E-state index contributed by atoms with van der Waals surface area (Å²) in [4.78, 5) is 22.2. The Bertz CT molecular complexity index is 937. The van der Waals surface area contributed by atoms with Crippen molar-refractivity contribution in [2.45, 2.75) is 25.9 Å². The number of Topliss-reactive ketones (excluding diaryl/α,β-unsaturated/α-hetero) is 1. The highest BCUT2D eigenvalue weighted by atomic mass is 19.1. The van der Waals surface area contributed by atoms with Crippen LogP contribution in [-0.4, -0.2) is 42.0 Å². The molecule has 1 fully saturated rings. The molecule has 0 spiro atoms. The number of hydrogen-bond acceptors (Lipinski definition) is 7. The fourth-order valence-corrected chi connectivity index (χ4v) is 3.07. The highest BCUT2D eigenvalue weighted by Gasteiger charge is 2.26. The number of hydrogen-bond donors (Lipinski definition) is 1. The van der Waals surface area contributed by atoms with Crippen LogP contribution in [0.1, 0.15) is 35.9 Å². The Morgan fingerprint density at radius 2 is 2.04 bits per heavy atom. The summed E-state index contributed by atoms with van der Waals surface area (Å²) in [7, 11) is 1.66. The summed E-state index contributed by atoms with van der Waals surface area (Å²) in [5, 5.41) is 12.2. The first-order chi connectivity index (χ1) is 13.4. The van der Waals surface area contributed by atoms with Crippen molar-refractivity contribution in [3.05, 3.63) is 41.2 Å². The number of halogens is 2. The normalized spacial score (nSPS) is 14.5. The van der Waals surface area contributed by atoms with Crippen LogP contribution in [0, 0.1) is 23.0 Å². The van der Waals surface area contributed by atoms with Crippen molar-refractivity contribution in [1.82, 2.24) is 9.97 Å². The van der Waals surface area contributed by atoms with Crippen LogP contribution in [-0.2, 0) is 0 Å². The van der Waals surface area contributed by atoms with Crippen LogP contribution in [0.4, 0.5) is 20.4 Å². The van der Waals surface area contributed by atoms with Crippen LogP contribution in [0.3, 0.4) is 0 Å². The maximum Gasteiger partial charge on any atom is 0.181 e. The molecule has 0 unspecified atom stereocenters. The van der Waals surface area contributed by atoms with Gasteiger partial charge in [-0.25, -0.2) is 18.7 Å². The lowest BCUT2D eigenvalue weighted by atomic mass is 10.1. The standard InChI is InChI=1S/C19H19F2N5O2/c1-11(27)17-15(10-22)24-19(18(23-2)25-17)26-7-5-13(6-8-26)28-16-4-3-12(20)9-14(16)21/h3-4,9,13H,5-8H2,1-2H3,(H,23,25). The number of carbonyl (C=O) groups excluding carboxylic acids is 1. The lowest BCUT2D eigenvalue weighted by molar-refractivity contribution is 0.101. The van der Waals surface area contributed by atoms with E-state index in [9.17, 15) is 18.8 Å². The van der Waals surface area contributed by atoms with Gasteiger partial charge in [0.2, 0.25) is 0 Å². The lowest BCUT2D eigenvalue weighted by Gasteiger charge is -2.33. The third-order valence-corrected chi connectivity index (χ3v) is 4.48. The SMILES string of the molecule is CNc1nc(C(C)=O)c(C#N)nc1N1CCC(Oc2ccc(F)cc2F)CC1. The predicted octanol–water partition coefficient (Wildman–Crippen LogP) is 2.92. The van der Waals surface area contributed by atoms with Crippen molar-refractivity contribution in [3.63, 3.8) is 0 Å². The fourth-order valence-electron chi connectivity index (χ4n) is 3.07. The van der Waals surface area contributed by atoms with Gasteiger partial charge in [0.15, 0.2) is 34.7 Å². The zero-order chi connectivity index (χ0) is 20.3. The molecular weight excluding hydrogens is 368 g/mol. The maximum absolute atomic E-state index is 13.8. The molecule has 28 heavy (non-hydrogen) atoms. The highest BCUT2D eigenvalue weighted by molar-refractivity contribution is 5.95. The van der Waals surface area contributed by atoms with Crippen LogP contribution < -0.4 is 15.0 Å². The molecule has 1 N–H and O–H groups in total. The van der Waals surface area contributed by atoms with Crippen molar-refractivity contribution in [2.75, 3.05) is 30.4 Å². The first-order valence-electron chi connectivity index (χ1n) is 8.80. The molecule has 0 bridgehead atoms. The van der Waals surface area contributed by atoms with E-state index in [-0.39, 0.29) is 29.0 Å². The highest BCUT2D eigenvalue weighted by Crippen LogP contribution is 2.28. The first-order valence-corrected chi connectivity index (χ1v) is 8.80. The molecule has 146 valence electrons. The Balaban J connectivity index is 1.74. The van der Waals surface area contributed by atoms with E-state index in [1.807, 2.05) is 11.0 Å². The zero-order valence-electron chi connectivity index (χ0n) is 15.5. The van der Waals surface area contributed by atoms with Gasteiger partial charge in [0, 0.05) is 46.0 Å². The number of piperidine rings is 1. The minimum absolute atomic E-state index is 0.0201. The Morgan fingerprint density at radius 3 is 2.61 bits per heavy atom. The third-order valence-electron chi connectivity index (χ3n) is 4.48. The zero-order valence-corrected chi connectivity index (χ0v) is 15.5. The van der Waals surface area contributed by atoms with Gasteiger partial charge >= 0.3 is 0 Å². The van der Waals surface area contributed by atoms with Crippen molar-refractivity contribution in [3.8, 4) is 11.8 Å². The van der Waals surface area contributed by atoms with Gasteiger partial charge in [-0.3, -0.25) is 4.79 Å². The second-order valence-corrected chi connectivity index (χ2v) is 6.39. The predicted molar refractivity (Wildman–Crippen MR) is 98.5 cm³/mol. The van der Waals surface area contributed by atoms with Gasteiger partial charge in [-0.15, -0.1) is 0 Å². The van der Waals surface area contributed by atoms with Crippen molar-refractivity contribution in [1.29, 1.82) is 5.26 Å². The first kappa shape index (κ1) is 19.5. The Morgan fingerprint density at radius 1 is 1.32 bits per heavy atom. The molecule has 1 aliphatic heterocycles. The van der Waals surface area contributed by atoms with Crippen LogP contribution in [0.15, 0.2) is 18.2 Å². The summed E-state index contributed by atoms with van der Waals surface area (Å²) < 4.78 is 32.4. The molecule has 1 aromatic heterocycles. The van der Waals surface area contributed by atoms with Crippen molar-refractivity contribution in [2.24, 2.45) is 0 Å². The molecule has 7 nitrogen and oxygen atoms in total. The minimum atomic E-state index is -0.732. The molecule has 0 radical (unpaired) electrons. The van der Waals surface area contributed by atoms with E-state index >= 15 is 0 Å². The lowest BCUT2D eigenvalue weighted by Crippen LogP contribution is -2.39. The summed E-state index contributed by atoms with van der Waals surface area (Å²) in [6.45, 7) is 2.42. The van der Waals surface area contributed by atoms with Crippen LogP contribution in [0.5, 0.6) is 5.75 Å². The number of rotatable bonds is 5. The molecule has 1 aromatic carbocycles. The van der Waals surface area contributed by atoms with Crippen molar-refractivity contribution < 1.29 is 18.3 Å². The van der Waals surface area contributed by atoms with Crippen LogP contribution >= 0.6 is 0 Å². The number of benzene rings is 1. The van der Waals surface area contributed by atoms with Crippen LogP contribution in [0.2, 0.25) is 0 Å². The van der Waals surface area contributed by atoms with E-state index in [0.29, 0.717) is 37.6 Å². The monoisotopic (exact) mass is 387 g/mol. The average molecular weight is 387 g/mol. The van der Waals surface area contributed by atoms with Crippen LogP contribution in [0.25, 0.3) is 0 Å². The largest absolute Gasteiger partial charge is 0.487 e. The summed E-state index contributed by atoms with van der Waals surface area (Å²) in [6.07, 6.45) is 0.935. The molecule has 2 heterocycles. The van der Waals surface area contributed by atoms with Gasteiger partial charge < -0.3 is 15.0 Å². The summed E-state index contributed by atoms with van der Waals surface area (Å²) in [6, 6.07) is 5.14. The number of carbonyl (C=O) groups is 1. The minimum Gasteiger partial charge on any atom is -0.487 e. The molecule has 2 aromatic rings. The van der Waals surface area contributed by atoms with E-state index in [1.54, 1.807) is 7.05 Å². The molecule has 0 atom stereocenters. The molecule has 0 aliphatic carbocycles. The summed E-state index contributed by atoms with van der Waals surface area (Å²) >= 11 is 0. The topological polar surface area (TPSA) is 91.1 Å². The van der Waals surface area contributed by atoms with Crippen molar-refractivity contribution >= 4 is 17.4 Å². The number of anilines is 2. The Kier molecular flexibility index (Phi) is 5.68. The number of nitriles is 1. The Hall–Kier alpha value is -3.28. The van der Waals surface area contributed by atoms with E-state index in [1.165, 1.54) is 13.0 Å². The smallest absolute Gasteiger partial charge is 0.181 e.